The largest absolute Gasteiger partial charge is 0.490 e. The van der Waals surface area contributed by atoms with Crippen LogP contribution in [0.25, 0.3) is 0 Å². The highest BCUT2D eigenvalue weighted by molar-refractivity contribution is 5.93. The topological polar surface area (TPSA) is 65.8 Å². The number of carbonyl (C=O) groups excluding carboxylic acids is 1. The molecule has 2 aliphatic heterocycles. The van der Waals surface area contributed by atoms with Gasteiger partial charge in [-0.1, -0.05) is 12.1 Å². The van der Waals surface area contributed by atoms with Crippen LogP contribution in [0.1, 0.15) is 35.3 Å². The van der Waals surface area contributed by atoms with Crippen LogP contribution in [-0.2, 0) is 18.4 Å². The molecular weight excluding hydrogens is 442 g/mol. The van der Waals surface area contributed by atoms with Crippen molar-refractivity contribution in [1.82, 2.24) is 14.4 Å². The molecule has 1 spiro atoms. The van der Waals surface area contributed by atoms with Gasteiger partial charge in [0.15, 0.2) is 0 Å². The maximum atomic E-state index is 13.4. The molecule has 33 heavy (non-hydrogen) atoms. The van der Waals surface area contributed by atoms with Gasteiger partial charge in [0.25, 0.3) is 5.91 Å². The van der Waals surface area contributed by atoms with Gasteiger partial charge in [0, 0.05) is 32.9 Å². The van der Waals surface area contributed by atoms with E-state index in [-0.39, 0.29) is 17.1 Å². The van der Waals surface area contributed by atoms with Crippen molar-refractivity contribution in [3.05, 3.63) is 59.7 Å². The molecule has 1 aromatic carbocycles. The molecule has 1 amide bonds. The van der Waals surface area contributed by atoms with Crippen LogP contribution in [-0.4, -0.2) is 63.7 Å². The van der Waals surface area contributed by atoms with Crippen LogP contribution in [0.4, 0.5) is 17.6 Å². The van der Waals surface area contributed by atoms with Crippen LogP contribution in [0.3, 0.4) is 0 Å². The van der Waals surface area contributed by atoms with Crippen molar-refractivity contribution in [1.29, 1.82) is 0 Å². The number of aliphatic carboxylic acids is 1. The standard InChI is InChI=1S/C21H26FN3O.C2HF3O2/c1-23-10-3-6-19(23)20(26)25-13-9-21(16-25)7-11-24(12-8-21)15-17-4-2-5-18(22)14-17;3-2(4,5)1(6)7/h2-6,10,14H,7-9,11-13,15-16H2,1H3;(H,6,7). The summed E-state index contributed by atoms with van der Waals surface area (Å²) < 4.78 is 47.0. The summed E-state index contributed by atoms with van der Waals surface area (Å²) in [6.07, 6.45) is 0.152. The first-order valence-electron chi connectivity index (χ1n) is 10.7. The molecular formula is C23H27F4N3O3. The Hall–Kier alpha value is -2.88. The van der Waals surface area contributed by atoms with Crippen molar-refractivity contribution in [2.45, 2.75) is 32.0 Å². The first-order chi connectivity index (χ1) is 15.5. The number of halogens is 4. The Morgan fingerprint density at radius 2 is 1.70 bits per heavy atom. The van der Waals surface area contributed by atoms with Gasteiger partial charge in [0.2, 0.25) is 0 Å². The van der Waals surface area contributed by atoms with Crippen molar-refractivity contribution in [2.24, 2.45) is 12.5 Å². The molecule has 180 valence electrons. The molecule has 0 unspecified atom stereocenters. The summed E-state index contributed by atoms with van der Waals surface area (Å²) in [5, 5.41) is 7.12. The lowest BCUT2D eigenvalue weighted by Gasteiger charge is -2.39. The zero-order valence-electron chi connectivity index (χ0n) is 18.3. The predicted molar refractivity (Wildman–Crippen MR) is 113 cm³/mol. The second-order valence-electron chi connectivity index (χ2n) is 8.69. The first-order valence-corrected chi connectivity index (χ1v) is 10.7. The fraction of sp³-hybridized carbons (Fsp3) is 0.478. The zero-order chi connectivity index (χ0) is 24.2. The van der Waals surface area contributed by atoms with Crippen molar-refractivity contribution in [2.75, 3.05) is 26.2 Å². The third kappa shape index (κ3) is 6.34. The Bertz CT molecular complexity index is 981. The summed E-state index contributed by atoms with van der Waals surface area (Å²) in [4.78, 5) is 26.1. The lowest BCUT2D eigenvalue weighted by molar-refractivity contribution is -0.192. The van der Waals surface area contributed by atoms with Gasteiger partial charge in [-0.05, 0) is 67.6 Å². The van der Waals surface area contributed by atoms with Crippen LogP contribution in [0.15, 0.2) is 42.6 Å². The molecule has 3 heterocycles. The van der Waals surface area contributed by atoms with Crippen molar-refractivity contribution >= 4 is 11.9 Å². The van der Waals surface area contributed by atoms with Crippen LogP contribution < -0.4 is 0 Å². The minimum absolute atomic E-state index is 0.150. The minimum atomic E-state index is -5.08. The average molecular weight is 469 g/mol. The van der Waals surface area contributed by atoms with Gasteiger partial charge >= 0.3 is 12.1 Å². The number of piperidine rings is 1. The number of carboxylic acids is 1. The first kappa shape index (κ1) is 24.8. The summed E-state index contributed by atoms with van der Waals surface area (Å²) in [5.41, 5.74) is 2.07. The van der Waals surface area contributed by atoms with E-state index in [1.54, 1.807) is 12.1 Å². The summed E-state index contributed by atoms with van der Waals surface area (Å²) in [6.45, 7) is 4.56. The van der Waals surface area contributed by atoms with Crippen molar-refractivity contribution in [3.63, 3.8) is 0 Å². The molecule has 2 aliphatic rings. The van der Waals surface area contributed by atoms with E-state index in [1.165, 1.54) is 6.07 Å². The van der Waals surface area contributed by atoms with E-state index >= 15 is 0 Å². The third-order valence-corrected chi connectivity index (χ3v) is 6.34. The smallest absolute Gasteiger partial charge is 0.475 e. The van der Waals surface area contributed by atoms with E-state index < -0.39 is 12.1 Å². The Labute approximate surface area is 189 Å². The average Bonchev–Trinajstić information content (AvgIpc) is 3.36. The Balaban J connectivity index is 0.000000383. The number of amides is 1. The van der Waals surface area contributed by atoms with Gasteiger partial charge in [-0.15, -0.1) is 0 Å². The highest BCUT2D eigenvalue weighted by atomic mass is 19.4. The van der Waals surface area contributed by atoms with Crippen LogP contribution in [0.5, 0.6) is 0 Å². The van der Waals surface area contributed by atoms with Crippen LogP contribution in [0.2, 0.25) is 0 Å². The van der Waals surface area contributed by atoms with Gasteiger partial charge in [-0.25, -0.2) is 9.18 Å². The van der Waals surface area contributed by atoms with E-state index in [0.29, 0.717) is 0 Å². The summed E-state index contributed by atoms with van der Waals surface area (Å²) in [5.74, 6) is -2.77. The van der Waals surface area contributed by atoms with Crippen molar-refractivity contribution in [3.8, 4) is 0 Å². The predicted octanol–water partition coefficient (Wildman–Crippen LogP) is 3.93. The SMILES string of the molecule is Cn1cccc1C(=O)N1CCC2(CCN(Cc3cccc(F)c3)CC2)C1.O=C(O)C(F)(F)F. The Morgan fingerprint density at radius 3 is 2.24 bits per heavy atom. The number of carbonyl (C=O) groups is 2. The second kappa shape index (κ2) is 9.94. The number of aromatic nitrogens is 1. The van der Waals surface area contributed by atoms with E-state index in [9.17, 15) is 22.4 Å². The van der Waals surface area contributed by atoms with E-state index in [1.807, 2.05) is 40.9 Å². The van der Waals surface area contributed by atoms with Gasteiger partial charge in [0.1, 0.15) is 11.5 Å². The maximum absolute atomic E-state index is 13.4. The van der Waals surface area contributed by atoms with Gasteiger partial charge < -0.3 is 14.6 Å². The Kier molecular flexibility index (Phi) is 7.46. The lowest BCUT2D eigenvalue weighted by Crippen LogP contribution is -2.42. The number of aryl methyl sites for hydroxylation is 1. The molecule has 2 fully saturated rings. The molecule has 0 saturated carbocycles. The van der Waals surface area contributed by atoms with Crippen molar-refractivity contribution < 1.29 is 32.3 Å². The number of carboxylic acid groups (broad SMARTS) is 1. The highest BCUT2D eigenvalue weighted by Gasteiger charge is 2.42. The van der Waals surface area contributed by atoms with Gasteiger partial charge in [-0.3, -0.25) is 9.69 Å². The van der Waals surface area contributed by atoms with Crippen LogP contribution >= 0.6 is 0 Å². The quantitative estimate of drug-likeness (QED) is 0.692. The van der Waals surface area contributed by atoms with E-state index in [0.717, 1.165) is 63.2 Å². The van der Waals surface area contributed by atoms with Gasteiger partial charge in [0.05, 0.1) is 0 Å². The molecule has 10 heteroatoms. The number of hydrogen-bond acceptors (Lipinski definition) is 3. The normalized spacial score (nSPS) is 18.2. The fourth-order valence-corrected chi connectivity index (χ4v) is 4.44. The molecule has 2 aromatic rings. The lowest BCUT2D eigenvalue weighted by atomic mass is 9.77. The highest BCUT2D eigenvalue weighted by Crippen LogP contribution is 2.41. The molecule has 0 radical (unpaired) electrons. The Morgan fingerprint density at radius 1 is 1.06 bits per heavy atom. The number of benzene rings is 1. The fourth-order valence-electron chi connectivity index (χ4n) is 4.44. The third-order valence-electron chi connectivity index (χ3n) is 6.34. The van der Waals surface area contributed by atoms with Gasteiger partial charge in [-0.2, -0.15) is 13.2 Å². The molecule has 2 saturated heterocycles. The molecule has 0 aliphatic carbocycles. The van der Waals surface area contributed by atoms with E-state index in [2.05, 4.69) is 4.90 Å². The zero-order valence-corrected chi connectivity index (χ0v) is 18.3. The summed E-state index contributed by atoms with van der Waals surface area (Å²) >= 11 is 0. The monoisotopic (exact) mass is 469 g/mol. The summed E-state index contributed by atoms with van der Waals surface area (Å²) in [6, 6.07) is 10.7. The maximum Gasteiger partial charge on any atom is 0.490 e. The molecule has 1 aromatic heterocycles. The molecule has 1 N–H and O–H groups in total. The molecule has 0 atom stereocenters. The number of hydrogen-bond donors (Lipinski definition) is 1. The molecule has 6 nitrogen and oxygen atoms in total. The number of nitrogens with zero attached hydrogens (tertiary/aromatic N) is 3. The van der Waals surface area contributed by atoms with Crippen LogP contribution in [0, 0.1) is 11.2 Å². The van der Waals surface area contributed by atoms with E-state index in [4.69, 9.17) is 9.90 Å². The number of alkyl halides is 3. The number of likely N-dealkylation sites (tertiary alicyclic amines) is 2. The number of rotatable bonds is 3. The minimum Gasteiger partial charge on any atom is -0.475 e. The summed E-state index contributed by atoms with van der Waals surface area (Å²) in [7, 11) is 1.92. The molecule has 4 rings (SSSR count). The molecule has 0 bridgehead atoms. The second-order valence-corrected chi connectivity index (χ2v) is 8.69.